The molecule has 1 heterocycles. The molecular weight excluding hydrogens is 210 g/mol. The van der Waals surface area contributed by atoms with Crippen LogP contribution in [-0.2, 0) is 16.1 Å². The van der Waals surface area contributed by atoms with Gasteiger partial charge in [0, 0.05) is 0 Å². The lowest BCUT2D eigenvalue weighted by Crippen LogP contribution is -2.24. The van der Waals surface area contributed by atoms with Crippen molar-refractivity contribution in [2.24, 2.45) is 0 Å². The van der Waals surface area contributed by atoms with Crippen LogP contribution < -0.4 is 11.3 Å². The predicted molar refractivity (Wildman–Crippen MR) is 60.2 cm³/mol. The van der Waals surface area contributed by atoms with E-state index in [-0.39, 0.29) is 23.7 Å². The summed E-state index contributed by atoms with van der Waals surface area (Å²) >= 11 is 0. The van der Waals surface area contributed by atoms with Gasteiger partial charge < -0.3 is 10.5 Å². The van der Waals surface area contributed by atoms with Gasteiger partial charge in [0.15, 0.2) is 0 Å². The first-order chi connectivity index (χ1) is 7.47. The summed E-state index contributed by atoms with van der Waals surface area (Å²) in [5.41, 5.74) is 6.07. The number of nitrogens with two attached hydrogens (primary N) is 1. The number of nitrogen functional groups attached to an aromatic ring is 1. The van der Waals surface area contributed by atoms with Crippen molar-refractivity contribution in [3.8, 4) is 0 Å². The number of esters is 1. The van der Waals surface area contributed by atoms with Crippen molar-refractivity contribution in [3.63, 3.8) is 0 Å². The molecule has 0 aliphatic rings. The molecule has 0 saturated carbocycles. The lowest BCUT2D eigenvalue weighted by molar-refractivity contribution is -0.144. The van der Waals surface area contributed by atoms with Crippen molar-refractivity contribution < 1.29 is 9.53 Å². The normalized spacial score (nSPS) is 10.8. The first kappa shape index (κ1) is 12.4. The fourth-order valence-corrected chi connectivity index (χ4v) is 1.40. The van der Waals surface area contributed by atoms with Crippen molar-refractivity contribution >= 4 is 11.7 Å². The van der Waals surface area contributed by atoms with Crippen molar-refractivity contribution in [3.05, 3.63) is 16.0 Å². The van der Waals surface area contributed by atoms with Gasteiger partial charge in [-0.1, -0.05) is 13.8 Å². The van der Waals surface area contributed by atoms with E-state index in [4.69, 9.17) is 10.5 Å². The smallest absolute Gasteiger partial charge is 0.327 e. The minimum absolute atomic E-state index is 0.108. The second-order valence-electron chi connectivity index (χ2n) is 3.79. The summed E-state index contributed by atoms with van der Waals surface area (Å²) in [6.07, 6.45) is 0. The molecule has 0 aliphatic carbocycles. The zero-order chi connectivity index (χ0) is 12.3. The van der Waals surface area contributed by atoms with E-state index in [2.05, 4.69) is 5.10 Å². The van der Waals surface area contributed by atoms with Gasteiger partial charge in [0.1, 0.15) is 12.2 Å². The Kier molecular flexibility index (Phi) is 3.76. The maximum absolute atomic E-state index is 11.6. The van der Waals surface area contributed by atoms with Crippen LogP contribution in [0.15, 0.2) is 4.79 Å². The van der Waals surface area contributed by atoms with Gasteiger partial charge in [0.2, 0.25) is 0 Å². The van der Waals surface area contributed by atoms with Crippen molar-refractivity contribution in [2.45, 2.75) is 33.2 Å². The topological polar surface area (TPSA) is 90.1 Å². The van der Waals surface area contributed by atoms with E-state index in [0.29, 0.717) is 12.3 Å². The summed E-state index contributed by atoms with van der Waals surface area (Å²) < 4.78 is 5.92. The number of carbonyl (C=O) groups excluding carboxylic acids is 1. The molecule has 0 unspecified atom stereocenters. The largest absolute Gasteiger partial charge is 0.465 e. The van der Waals surface area contributed by atoms with E-state index in [1.54, 1.807) is 6.92 Å². The van der Waals surface area contributed by atoms with Crippen LogP contribution in [0.5, 0.6) is 0 Å². The molecule has 1 aromatic heterocycles. The van der Waals surface area contributed by atoms with Gasteiger partial charge in [-0.3, -0.25) is 14.7 Å². The number of anilines is 1. The molecule has 0 amide bonds. The Morgan fingerprint density at radius 1 is 1.56 bits per heavy atom. The molecule has 0 radical (unpaired) electrons. The van der Waals surface area contributed by atoms with Gasteiger partial charge >= 0.3 is 5.97 Å². The minimum Gasteiger partial charge on any atom is -0.465 e. The van der Waals surface area contributed by atoms with Crippen LogP contribution in [0.2, 0.25) is 0 Å². The molecule has 1 rings (SSSR count). The van der Waals surface area contributed by atoms with E-state index >= 15 is 0 Å². The Hall–Kier alpha value is -1.72. The molecule has 0 fully saturated rings. The number of aromatic amines is 1. The number of hydrogen-bond donors (Lipinski definition) is 2. The number of aromatic nitrogens is 2. The zero-order valence-electron chi connectivity index (χ0n) is 9.74. The Morgan fingerprint density at radius 2 is 2.19 bits per heavy atom. The van der Waals surface area contributed by atoms with Gasteiger partial charge in [-0.15, -0.1) is 0 Å². The highest BCUT2D eigenvalue weighted by Crippen LogP contribution is 2.15. The first-order valence-electron chi connectivity index (χ1n) is 5.21. The predicted octanol–water partition coefficient (Wildman–Crippen LogP) is 0.445. The molecular formula is C10H17N3O3. The van der Waals surface area contributed by atoms with Crippen LogP contribution >= 0.6 is 0 Å². The number of H-pyrrole nitrogens is 1. The maximum Gasteiger partial charge on any atom is 0.327 e. The third-order valence-electron chi connectivity index (χ3n) is 2.19. The van der Waals surface area contributed by atoms with E-state index in [9.17, 15) is 9.59 Å². The zero-order valence-corrected chi connectivity index (χ0v) is 9.74. The average Bonchev–Trinajstić information content (AvgIpc) is 2.46. The molecule has 16 heavy (non-hydrogen) atoms. The third kappa shape index (κ3) is 2.44. The quantitative estimate of drug-likeness (QED) is 0.730. The van der Waals surface area contributed by atoms with Crippen LogP contribution in [0.4, 0.5) is 5.69 Å². The maximum atomic E-state index is 11.6. The van der Waals surface area contributed by atoms with Gasteiger partial charge in [-0.25, -0.2) is 4.68 Å². The van der Waals surface area contributed by atoms with E-state index in [0.717, 1.165) is 0 Å². The standard InChI is InChI=1S/C10H17N3O3/c1-4-16-7(14)5-13-10(15)8(11)9(12-13)6(2)3/h6,12H,4-5,11H2,1-3H3. The molecule has 6 nitrogen and oxygen atoms in total. The van der Waals surface area contributed by atoms with Crippen molar-refractivity contribution in [1.29, 1.82) is 0 Å². The van der Waals surface area contributed by atoms with Gasteiger partial charge in [0.05, 0.1) is 12.3 Å². The van der Waals surface area contributed by atoms with Crippen LogP contribution in [0.3, 0.4) is 0 Å². The molecule has 0 saturated heterocycles. The van der Waals surface area contributed by atoms with Gasteiger partial charge in [-0.05, 0) is 12.8 Å². The summed E-state index contributed by atoms with van der Waals surface area (Å²) in [5, 5.41) is 2.82. The van der Waals surface area contributed by atoms with E-state index in [1.165, 1.54) is 4.68 Å². The highest BCUT2D eigenvalue weighted by Gasteiger charge is 2.15. The molecule has 6 heteroatoms. The Morgan fingerprint density at radius 3 is 2.62 bits per heavy atom. The molecule has 0 bridgehead atoms. The summed E-state index contributed by atoms with van der Waals surface area (Å²) in [7, 11) is 0. The molecule has 3 N–H and O–H groups in total. The molecule has 1 aromatic rings. The summed E-state index contributed by atoms with van der Waals surface area (Å²) in [6.45, 7) is 5.69. The first-order valence-corrected chi connectivity index (χ1v) is 5.21. The number of rotatable bonds is 4. The summed E-state index contributed by atoms with van der Waals surface area (Å²) in [4.78, 5) is 22.8. The Balaban J connectivity index is 2.94. The molecule has 90 valence electrons. The molecule has 0 spiro atoms. The fraction of sp³-hybridized carbons (Fsp3) is 0.600. The van der Waals surface area contributed by atoms with Crippen molar-refractivity contribution in [2.75, 3.05) is 12.3 Å². The second-order valence-corrected chi connectivity index (χ2v) is 3.79. The summed E-state index contributed by atoms with van der Waals surface area (Å²) in [5.74, 6) is -0.350. The summed E-state index contributed by atoms with van der Waals surface area (Å²) in [6, 6.07) is 0. The van der Waals surface area contributed by atoms with E-state index < -0.39 is 5.97 Å². The number of nitrogens with one attached hydrogen (secondary N) is 1. The Bertz CT molecular complexity index is 431. The van der Waals surface area contributed by atoms with E-state index in [1.807, 2.05) is 13.8 Å². The fourth-order valence-electron chi connectivity index (χ4n) is 1.40. The number of ether oxygens (including phenoxy) is 1. The minimum atomic E-state index is -0.457. The SMILES string of the molecule is CCOC(=O)Cn1[nH]c(C(C)C)c(N)c1=O. The number of nitrogens with zero attached hydrogens (tertiary/aromatic N) is 1. The van der Waals surface area contributed by atoms with Gasteiger partial charge in [0.25, 0.3) is 5.56 Å². The monoisotopic (exact) mass is 227 g/mol. The average molecular weight is 227 g/mol. The number of hydrogen-bond acceptors (Lipinski definition) is 4. The molecule has 0 atom stereocenters. The van der Waals surface area contributed by atoms with Gasteiger partial charge in [-0.2, -0.15) is 0 Å². The highest BCUT2D eigenvalue weighted by molar-refractivity contribution is 5.69. The lowest BCUT2D eigenvalue weighted by atomic mass is 10.1. The van der Waals surface area contributed by atoms with Crippen LogP contribution in [0.1, 0.15) is 32.4 Å². The van der Waals surface area contributed by atoms with Crippen LogP contribution in [0.25, 0.3) is 0 Å². The third-order valence-corrected chi connectivity index (χ3v) is 2.19. The van der Waals surface area contributed by atoms with Crippen molar-refractivity contribution in [1.82, 2.24) is 9.78 Å². The lowest BCUT2D eigenvalue weighted by Gasteiger charge is -2.03. The van der Waals surface area contributed by atoms with Crippen LogP contribution in [0, 0.1) is 0 Å². The second kappa shape index (κ2) is 4.87. The number of carbonyl (C=O) groups is 1. The van der Waals surface area contributed by atoms with Crippen LogP contribution in [-0.4, -0.2) is 22.4 Å². The Labute approximate surface area is 93.4 Å². The highest BCUT2D eigenvalue weighted by atomic mass is 16.5. The molecule has 0 aromatic carbocycles. The molecule has 0 aliphatic heterocycles.